The van der Waals surface area contributed by atoms with Crippen LogP contribution in [0.3, 0.4) is 0 Å². The number of aromatic nitrogens is 1. The number of hydrogen-bond acceptors (Lipinski definition) is 5. The normalized spacial score (nSPS) is 21.3. The van der Waals surface area contributed by atoms with E-state index < -0.39 is 17.2 Å². The molecule has 1 unspecified atom stereocenters. The summed E-state index contributed by atoms with van der Waals surface area (Å²) in [6.07, 6.45) is 7.97. The number of benzene rings is 3. The first kappa shape index (κ1) is 34.0. The highest BCUT2D eigenvalue weighted by molar-refractivity contribution is 5.99. The number of aryl methyl sites for hydroxylation is 1. The summed E-state index contributed by atoms with van der Waals surface area (Å²) in [6.45, 7) is 9.50. The fourth-order valence-corrected chi connectivity index (χ4v) is 6.37. The molecular weight excluding hydrogens is 596 g/mol. The Labute approximate surface area is 276 Å². The molecule has 3 aromatic carbocycles. The van der Waals surface area contributed by atoms with Crippen molar-refractivity contribution < 1.29 is 18.3 Å². The topological polar surface area (TPSA) is 96.7 Å². The number of H-pyrrole nitrogens is 1. The van der Waals surface area contributed by atoms with Gasteiger partial charge in [0.2, 0.25) is 0 Å². The van der Waals surface area contributed by atoms with E-state index in [2.05, 4.69) is 58.7 Å². The molecule has 1 aliphatic heterocycles. The Morgan fingerprint density at radius 3 is 2.62 bits per heavy atom. The molecule has 1 atom stereocenters. The van der Waals surface area contributed by atoms with E-state index >= 15 is 8.78 Å². The van der Waals surface area contributed by atoms with Crippen molar-refractivity contribution in [3.63, 3.8) is 0 Å². The highest BCUT2D eigenvalue weighted by atomic mass is 19.1. The summed E-state index contributed by atoms with van der Waals surface area (Å²) < 4.78 is 43.6. The van der Waals surface area contributed by atoms with Gasteiger partial charge in [-0.25, -0.2) is 8.78 Å². The fraction of sp³-hybridized carbons (Fsp3) is 0.395. The number of nitrogens with two attached hydrogens (primary N) is 1. The third-order valence-electron chi connectivity index (χ3n) is 9.35. The van der Waals surface area contributed by atoms with E-state index in [-0.39, 0.29) is 29.0 Å². The standard InChI is InChI=1S/C38H47F2N5O2/c1-6-10-25-11-8-12-26(19-25)38(7-2)16-9-18-46-37(3,4)34(41)23-43-22-30-28-15-17-44-33(28)21-32(40)35(30)47-27-13-14-31(39)29(20-27)36(42-5)45-24-38/h8,11-15,17,19-21,23,43-44H,6-7,9-10,16,18,22,24,41H2,1-5H3,(H,42,45)/b34-23-. The Kier molecular flexibility index (Phi) is 10.5. The van der Waals surface area contributed by atoms with Crippen LogP contribution >= 0.6 is 0 Å². The van der Waals surface area contributed by atoms with Gasteiger partial charge in [0.25, 0.3) is 0 Å². The molecule has 0 saturated heterocycles. The van der Waals surface area contributed by atoms with Gasteiger partial charge in [-0.05, 0) is 74.9 Å². The van der Waals surface area contributed by atoms with Gasteiger partial charge in [-0.3, -0.25) is 4.99 Å². The Hall–Kier alpha value is -4.37. The maximum Gasteiger partial charge on any atom is 0.168 e. The second-order valence-electron chi connectivity index (χ2n) is 12.8. The molecule has 250 valence electrons. The largest absolute Gasteiger partial charge is 0.454 e. The Morgan fingerprint density at radius 1 is 1.02 bits per heavy atom. The third kappa shape index (κ3) is 7.46. The minimum atomic E-state index is -0.743. The van der Waals surface area contributed by atoms with E-state index in [4.69, 9.17) is 15.2 Å². The van der Waals surface area contributed by atoms with Crippen molar-refractivity contribution in [3.05, 3.63) is 107 Å². The number of aromatic amines is 1. The van der Waals surface area contributed by atoms with Crippen molar-refractivity contribution in [2.24, 2.45) is 10.7 Å². The predicted molar refractivity (Wildman–Crippen MR) is 186 cm³/mol. The second kappa shape index (κ2) is 14.6. The molecule has 4 aromatic rings. The summed E-state index contributed by atoms with van der Waals surface area (Å²) in [7, 11) is 1.64. The van der Waals surface area contributed by atoms with Gasteiger partial charge in [-0.2, -0.15) is 0 Å². The number of hydrogen-bond donors (Lipinski definition) is 4. The van der Waals surface area contributed by atoms with E-state index in [1.54, 1.807) is 25.5 Å². The molecule has 7 nitrogen and oxygen atoms in total. The molecule has 0 spiro atoms. The molecule has 5 N–H and O–H groups in total. The average molecular weight is 644 g/mol. The lowest BCUT2D eigenvalue weighted by molar-refractivity contribution is 0.00511. The SMILES string of the molecule is CCCc1cccc(C2(CC)CCCOC(C)(C)/C(N)=C/NCc3c(c(F)cc4[nH]ccc34)Oc3ccc(F)c(c3)C(=NC)NC2)c1. The molecule has 0 aliphatic carbocycles. The van der Waals surface area contributed by atoms with Gasteiger partial charge >= 0.3 is 0 Å². The second-order valence-corrected chi connectivity index (χ2v) is 12.8. The minimum Gasteiger partial charge on any atom is -0.454 e. The molecule has 9 heteroatoms. The van der Waals surface area contributed by atoms with Crippen LogP contribution in [-0.4, -0.2) is 36.6 Å². The lowest BCUT2D eigenvalue weighted by atomic mass is 9.73. The zero-order chi connectivity index (χ0) is 33.6. The van der Waals surface area contributed by atoms with E-state index in [0.29, 0.717) is 35.8 Å². The molecule has 1 aromatic heterocycles. The molecular formula is C38H47F2N5O2. The zero-order valence-electron chi connectivity index (χ0n) is 28.1. The van der Waals surface area contributed by atoms with Crippen LogP contribution in [0.1, 0.15) is 75.6 Å². The zero-order valence-corrected chi connectivity index (χ0v) is 28.1. The number of rotatable bonds is 4. The van der Waals surface area contributed by atoms with Gasteiger partial charge in [-0.1, -0.05) is 44.5 Å². The van der Waals surface area contributed by atoms with Gasteiger partial charge in [0, 0.05) is 67.1 Å². The van der Waals surface area contributed by atoms with Crippen molar-refractivity contribution in [1.29, 1.82) is 0 Å². The molecule has 0 saturated carbocycles. The van der Waals surface area contributed by atoms with Crippen molar-refractivity contribution in [2.45, 2.75) is 77.4 Å². The quantitative estimate of drug-likeness (QED) is 0.181. The monoisotopic (exact) mass is 643 g/mol. The van der Waals surface area contributed by atoms with Gasteiger partial charge in [-0.15, -0.1) is 0 Å². The van der Waals surface area contributed by atoms with E-state index in [1.165, 1.54) is 29.3 Å². The summed E-state index contributed by atoms with van der Waals surface area (Å²) in [5, 5.41) is 7.53. The molecule has 2 bridgehead atoms. The Morgan fingerprint density at radius 2 is 1.85 bits per heavy atom. The number of amidine groups is 1. The first-order valence-corrected chi connectivity index (χ1v) is 16.5. The highest BCUT2D eigenvalue weighted by Crippen LogP contribution is 2.36. The van der Waals surface area contributed by atoms with Crippen LogP contribution in [0.4, 0.5) is 8.78 Å². The summed E-state index contributed by atoms with van der Waals surface area (Å²) >= 11 is 0. The number of nitrogens with one attached hydrogen (secondary N) is 3. The van der Waals surface area contributed by atoms with Crippen LogP contribution < -0.4 is 21.1 Å². The first-order valence-electron chi connectivity index (χ1n) is 16.5. The van der Waals surface area contributed by atoms with Gasteiger partial charge in [0.05, 0.1) is 11.3 Å². The highest BCUT2D eigenvalue weighted by Gasteiger charge is 2.32. The van der Waals surface area contributed by atoms with Gasteiger partial charge < -0.3 is 30.8 Å². The van der Waals surface area contributed by atoms with Crippen molar-refractivity contribution in [2.75, 3.05) is 20.2 Å². The number of fused-ring (bicyclic) bond motifs is 5. The molecule has 47 heavy (non-hydrogen) atoms. The average Bonchev–Trinajstić information content (AvgIpc) is 3.53. The Bertz CT molecular complexity index is 1760. The molecule has 0 fully saturated rings. The lowest BCUT2D eigenvalue weighted by Gasteiger charge is -2.35. The number of halogens is 2. The Balaban J connectivity index is 1.59. The fourth-order valence-electron chi connectivity index (χ4n) is 6.37. The molecule has 1 aliphatic rings. The maximum atomic E-state index is 15.6. The summed E-state index contributed by atoms with van der Waals surface area (Å²) in [5.74, 6) is -0.276. The molecule has 0 amide bonds. The predicted octanol–water partition coefficient (Wildman–Crippen LogP) is 7.98. The van der Waals surface area contributed by atoms with E-state index in [1.807, 2.05) is 19.9 Å². The van der Waals surface area contributed by atoms with Crippen LogP contribution in [0, 0.1) is 11.6 Å². The van der Waals surface area contributed by atoms with Gasteiger partial charge in [0.1, 0.15) is 23.0 Å². The minimum absolute atomic E-state index is 0.0439. The van der Waals surface area contributed by atoms with Crippen LogP contribution in [0.5, 0.6) is 11.5 Å². The van der Waals surface area contributed by atoms with E-state index in [0.717, 1.165) is 37.5 Å². The lowest BCUT2D eigenvalue weighted by Crippen LogP contribution is -2.41. The number of ether oxygens (including phenoxy) is 2. The molecule has 0 radical (unpaired) electrons. The number of nitrogens with zero attached hydrogens (tertiary/aromatic N) is 1. The van der Waals surface area contributed by atoms with E-state index in [9.17, 15) is 0 Å². The van der Waals surface area contributed by atoms with Crippen LogP contribution in [-0.2, 0) is 23.1 Å². The summed E-state index contributed by atoms with van der Waals surface area (Å²) in [6, 6.07) is 16.4. The van der Waals surface area contributed by atoms with Crippen molar-refractivity contribution in [3.8, 4) is 11.5 Å². The van der Waals surface area contributed by atoms with Crippen molar-refractivity contribution >= 4 is 16.7 Å². The van der Waals surface area contributed by atoms with Crippen molar-refractivity contribution in [1.82, 2.24) is 15.6 Å². The third-order valence-corrected chi connectivity index (χ3v) is 9.35. The molecule has 5 rings (SSSR count). The summed E-state index contributed by atoms with van der Waals surface area (Å²) in [4.78, 5) is 7.54. The van der Waals surface area contributed by atoms with Gasteiger partial charge in [0.15, 0.2) is 11.6 Å². The maximum absolute atomic E-state index is 15.6. The smallest absolute Gasteiger partial charge is 0.168 e. The van der Waals surface area contributed by atoms with Crippen LogP contribution in [0.25, 0.3) is 10.9 Å². The number of aliphatic imine (C=N–C) groups is 1. The van der Waals surface area contributed by atoms with Crippen LogP contribution in [0.15, 0.2) is 77.7 Å². The first-order chi connectivity index (χ1) is 22.6. The molecule has 2 heterocycles. The summed E-state index contributed by atoms with van der Waals surface area (Å²) in [5.41, 5.74) is 10.0. The van der Waals surface area contributed by atoms with Crippen LogP contribution in [0.2, 0.25) is 0 Å².